The third-order valence-electron chi connectivity index (χ3n) is 3.96. The molecule has 0 atom stereocenters. The minimum absolute atomic E-state index is 0.0526. The number of carboxylic acids is 1. The van der Waals surface area contributed by atoms with Crippen LogP contribution in [-0.4, -0.2) is 21.6 Å². The summed E-state index contributed by atoms with van der Waals surface area (Å²) in [6, 6.07) is 0. The molecule has 2 aliphatic carbocycles. The van der Waals surface area contributed by atoms with E-state index < -0.39 is 5.97 Å². The fourth-order valence-electron chi connectivity index (χ4n) is 2.92. The van der Waals surface area contributed by atoms with Crippen LogP contribution >= 0.6 is 11.8 Å². The summed E-state index contributed by atoms with van der Waals surface area (Å²) in [6.07, 6.45) is 11.1. The molecule has 0 amide bonds. The standard InChI is InChI=1S/C13H22O2S/c14-13(15)10-6-8-12(9-7-10)16-11-4-2-1-3-5-11/h10-12H,1-9H2,(H,14,15). The maximum Gasteiger partial charge on any atom is 0.306 e. The largest absolute Gasteiger partial charge is 0.481 e. The number of hydrogen-bond donors (Lipinski definition) is 1. The Hall–Kier alpha value is -0.180. The van der Waals surface area contributed by atoms with Crippen LogP contribution in [0.25, 0.3) is 0 Å². The molecule has 2 fully saturated rings. The number of aliphatic carboxylic acids is 1. The van der Waals surface area contributed by atoms with Crippen molar-refractivity contribution in [2.45, 2.75) is 68.3 Å². The second-order valence-electron chi connectivity index (χ2n) is 5.21. The number of hydrogen-bond acceptors (Lipinski definition) is 2. The summed E-state index contributed by atoms with van der Waals surface area (Å²) >= 11 is 2.16. The van der Waals surface area contributed by atoms with Crippen molar-refractivity contribution in [3.8, 4) is 0 Å². The van der Waals surface area contributed by atoms with Gasteiger partial charge in [0.2, 0.25) is 0 Å². The summed E-state index contributed by atoms with van der Waals surface area (Å²) < 4.78 is 0. The zero-order valence-corrected chi connectivity index (χ0v) is 10.7. The molecule has 0 bridgehead atoms. The van der Waals surface area contributed by atoms with Gasteiger partial charge in [-0.25, -0.2) is 0 Å². The molecule has 16 heavy (non-hydrogen) atoms. The zero-order valence-electron chi connectivity index (χ0n) is 9.86. The van der Waals surface area contributed by atoms with Crippen LogP contribution in [0.2, 0.25) is 0 Å². The maximum atomic E-state index is 10.8. The SMILES string of the molecule is O=C(O)C1CCC(SC2CCCCC2)CC1. The van der Waals surface area contributed by atoms with E-state index in [1.165, 1.54) is 32.1 Å². The minimum Gasteiger partial charge on any atom is -0.481 e. The van der Waals surface area contributed by atoms with Crippen molar-refractivity contribution in [2.75, 3.05) is 0 Å². The van der Waals surface area contributed by atoms with E-state index in [1.807, 2.05) is 0 Å². The summed E-state index contributed by atoms with van der Waals surface area (Å²) in [7, 11) is 0. The monoisotopic (exact) mass is 242 g/mol. The van der Waals surface area contributed by atoms with Gasteiger partial charge in [0.25, 0.3) is 0 Å². The molecule has 2 saturated carbocycles. The average molecular weight is 242 g/mol. The zero-order chi connectivity index (χ0) is 11.4. The first kappa shape index (κ1) is 12.3. The molecule has 0 saturated heterocycles. The van der Waals surface area contributed by atoms with Crippen molar-refractivity contribution in [3.05, 3.63) is 0 Å². The van der Waals surface area contributed by atoms with Gasteiger partial charge in [0.1, 0.15) is 0 Å². The van der Waals surface area contributed by atoms with Gasteiger partial charge in [-0.3, -0.25) is 4.79 Å². The van der Waals surface area contributed by atoms with E-state index in [9.17, 15) is 4.79 Å². The topological polar surface area (TPSA) is 37.3 Å². The second-order valence-corrected chi connectivity index (χ2v) is 6.81. The lowest BCUT2D eigenvalue weighted by Crippen LogP contribution is -2.24. The van der Waals surface area contributed by atoms with Gasteiger partial charge in [0.15, 0.2) is 0 Å². The fraction of sp³-hybridized carbons (Fsp3) is 0.923. The molecule has 0 aliphatic heterocycles. The van der Waals surface area contributed by atoms with Crippen molar-refractivity contribution in [2.24, 2.45) is 5.92 Å². The summed E-state index contributed by atoms with van der Waals surface area (Å²) in [5.41, 5.74) is 0. The van der Waals surface area contributed by atoms with Gasteiger partial charge in [0, 0.05) is 10.5 Å². The molecular weight excluding hydrogens is 220 g/mol. The smallest absolute Gasteiger partial charge is 0.306 e. The molecule has 3 heteroatoms. The van der Waals surface area contributed by atoms with Crippen molar-refractivity contribution in [1.82, 2.24) is 0 Å². The van der Waals surface area contributed by atoms with E-state index in [-0.39, 0.29) is 5.92 Å². The molecule has 0 radical (unpaired) electrons. The highest BCUT2D eigenvalue weighted by Crippen LogP contribution is 2.38. The highest BCUT2D eigenvalue weighted by atomic mass is 32.2. The van der Waals surface area contributed by atoms with E-state index >= 15 is 0 Å². The molecular formula is C13H22O2S. The molecule has 0 spiro atoms. The molecule has 2 nitrogen and oxygen atoms in total. The van der Waals surface area contributed by atoms with Crippen molar-refractivity contribution >= 4 is 17.7 Å². The van der Waals surface area contributed by atoms with Gasteiger partial charge in [0.05, 0.1) is 5.92 Å². The second kappa shape index (κ2) is 5.95. The highest BCUT2D eigenvalue weighted by Gasteiger charge is 2.28. The van der Waals surface area contributed by atoms with Crippen LogP contribution in [0.3, 0.4) is 0 Å². The van der Waals surface area contributed by atoms with Gasteiger partial charge in [-0.1, -0.05) is 19.3 Å². The Balaban J connectivity index is 1.70. The lowest BCUT2D eigenvalue weighted by Gasteiger charge is -2.30. The fourth-order valence-corrected chi connectivity index (χ4v) is 4.61. The van der Waals surface area contributed by atoms with Crippen molar-refractivity contribution in [3.63, 3.8) is 0 Å². The molecule has 0 aromatic heterocycles. The van der Waals surface area contributed by atoms with E-state index in [4.69, 9.17) is 5.11 Å². The molecule has 92 valence electrons. The highest BCUT2D eigenvalue weighted by molar-refractivity contribution is 8.00. The van der Waals surface area contributed by atoms with Crippen LogP contribution in [0.5, 0.6) is 0 Å². The molecule has 2 aliphatic rings. The van der Waals surface area contributed by atoms with Gasteiger partial charge < -0.3 is 5.11 Å². The number of thioether (sulfide) groups is 1. The maximum absolute atomic E-state index is 10.8. The Kier molecular flexibility index (Phi) is 4.56. The Labute approximate surface area is 102 Å². The predicted molar refractivity (Wildman–Crippen MR) is 67.8 cm³/mol. The average Bonchev–Trinajstić information content (AvgIpc) is 2.31. The van der Waals surface area contributed by atoms with Crippen LogP contribution in [0.4, 0.5) is 0 Å². The van der Waals surface area contributed by atoms with Gasteiger partial charge >= 0.3 is 5.97 Å². The normalized spacial score (nSPS) is 32.5. The molecule has 0 heterocycles. The lowest BCUT2D eigenvalue weighted by atomic mass is 9.89. The van der Waals surface area contributed by atoms with Crippen LogP contribution < -0.4 is 0 Å². The van der Waals surface area contributed by atoms with E-state index in [2.05, 4.69) is 11.8 Å². The minimum atomic E-state index is -0.582. The summed E-state index contributed by atoms with van der Waals surface area (Å²) in [6.45, 7) is 0. The Morgan fingerprint density at radius 3 is 2.00 bits per heavy atom. The Morgan fingerprint density at radius 2 is 1.44 bits per heavy atom. The molecule has 0 aromatic rings. The van der Waals surface area contributed by atoms with E-state index in [0.29, 0.717) is 0 Å². The lowest BCUT2D eigenvalue weighted by molar-refractivity contribution is -0.142. The van der Waals surface area contributed by atoms with Crippen molar-refractivity contribution < 1.29 is 9.90 Å². The first-order chi connectivity index (χ1) is 7.75. The van der Waals surface area contributed by atoms with Gasteiger partial charge in [-0.2, -0.15) is 11.8 Å². The van der Waals surface area contributed by atoms with Crippen molar-refractivity contribution in [1.29, 1.82) is 0 Å². The quantitative estimate of drug-likeness (QED) is 0.820. The predicted octanol–water partition coefficient (Wildman–Crippen LogP) is 3.70. The summed E-state index contributed by atoms with van der Waals surface area (Å²) in [5, 5.41) is 10.6. The third-order valence-corrected chi connectivity index (χ3v) is 5.67. The molecule has 1 N–H and O–H groups in total. The molecule has 0 unspecified atom stereocenters. The number of carboxylic acid groups (broad SMARTS) is 1. The van der Waals surface area contributed by atoms with E-state index in [1.54, 1.807) is 0 Å². The first-order valence-electron chi connectivity index (χ1n) is 6.64. The first-order valence-corrected chi connectivity index (χ1v) is 7.58. The van der Waals surface area contributed by atoms with Crippen LogP contribution in [0, 0.1) is 5.92 Å². The Bertz CT molecular complexity index is 228. The molecule has 0 aromatic carbocycles. The molecule has 2 rings (SSSR count). The van der Waals surface area contributed by atoms with E-state index in [0.717, 1.165) is 36.2 Å². The van der Waals surface area contributed by atoms with Crippen LogP contribution in [0.1, 0.15) is 57.8 Å². The van der Waals surface area contributed by atoms with Gasteiger partial charge in [-0.15, -0.1) is 0 Å². The number of rotatable bonds is 3. The third kappa shape index (κ3) is 3.41. The summed E-state index contributed by atoms with van der Waals surface area (Å²) in [5.74, 6) is -0.635. The van der Waals surface area contributed by atoms with Crippen LogP contribution in [0.15, 0.2) is 0 Å². The number of carbonyl (C=O) groups is 1. The summed E-state index contributed by atoms with van der Waals surface area (Å²) in [4.78, 5) is 10.8. The van der Waals surface area contributed by atoms with Crippen LogP contribution in [-0.2, 0) is 4.79 Å². The Morgan fingerprint density at radius 1 is 0.875 bits per heavy atom. The van der Waals surface area contributed by atoms with Gasteiger partial charge in [-0.05, 0) is 38.5 Å².